The van der Waals surface area contributed by atoms with Crippen molar-refractivity contribution in [2.24, 2.45) is 17.1 Å². The molecule has 0 aromatic carbocycles. The lowest BCUT2D eigenvalue weighted by Crippen LogP contribution is -2.41. The molecule has 1 saturated heterocycles. The summed E-state index contributed by atoms with van der Waals surface area (Å²) in [6.45, 7) is 7.90. The van der Waals surface area contributed by atoms with Crippen LogP contribution in [0.4, 0.5) is 0 Å². The van der Waals surface area contributed by atoms with Crippen molar-refractivity contribution >= 4 is 0 Å². The Morgan fingerprint density at radius 2 is 2.07 bits per heavy atom. The van der Waals surface area contributed by atoms with E-state index in [2.05, 4.69) is 18.7 Å². The van der Waals surface area contributed by atoms with Crippen LogP contribution < -0.4 is 5.73 Å². The van der Waals surface area contributed by atoms with Crippen molar-refractivity contribution in [3.63, 3.8) is 0 Å². The molecule has 14 heavy (non-hydrogen) atoms. The van der Waals surface area contributed by atoms with Gasteiger partial charge in [-0.3, -0.25) is 4.90 Å². The van der Waals surface area contributed by atoms with Crippen LogP contribution in [-0.4, -0.2) is 30.6 Å². The highest BCUT2D eigenvalue weighted by Crippen LogP contribution is 2.38. The molecule has 1 aliphatic carbocycles. The Labute approximate surface area is 87.8 Å². The standard InChI is InChI=1S/C12H24N2/c1-12(2,8-13)9-14-7-6-10-4-3-5-11(10)14/h10-11H,3-9,13H2,1-2H3. The predicted octanol–water partition coefficient (Wildman–Crippen LogP) is 1.85. The maximum atomic E-state index is 5.79. The highest BCUT2D eigenvalue weighted by Gasteiger charge is 2.38. The zero-order chi connectivity index (χ0) is 10.2. The average molecular weight is 196 g/mol. The van der Waals surface area contributed by atoms with Gasteiger partial charge in [0, 0.05) is 12.6 Å². The zero-order valence-electron chi connectivity index (χ0n) is 9.63. The van der Waals surface area contributed by atoms with Gasteiger partial charge in [0.15, 0.2) is 0 Å². The van der Waals surface area contributed by atoms with Gasteiger partial charge in [-0.05, 0) is 43.7 Å². The lowest BCUT2D eigenvalue weighted by atomic mass is 9.92. The summed E-state index contributed by atoms with van der Waals surface area (Å²) in [5, 5.41) is 0. The molecule has 2 rings (SSSR count). The van der Waals surface area contributed by atoms with Crippen LogP contribution in [-0.2, 0) is 0 Å². The fourth-order valence-electron chi connectivity index (χ4n) is 3.14. The molecule has 2 atom stereocenters. The average Bonchev–Trinajstić information content (AvgIpc) is 2.70. The van der Waals surface area contributed by atoms with E-state index in [0.29, 0.717) is 5.41 Å². The second-order valence-corrected chi connectivity index (χ2v) is 5.89. The van der Waals surface area contributed by atoms with E-state index in [-0.39, 0.29) is 0 Å². The highest BCUT2D eigenvalue weighted by molar-refractivity contribution is 4.93. The minimum absolute atomic E-state index is 0.303. The summed E-state index contributed by atoms with van der Waals surface area (Å²) in [4.78, 5) is 2.70. The van der Waals surface area contributed by atoms with E-state index in [9.17, 15) is 0 Å². The molecule has 1 heterocycles. The van der Waals surface area contributed by atoms with Crippen LogP contribution in [0.3, 0.4) is 0 Å². The Kier molecular flexibility index (Phi) is 2.85. The van der Waals surface area contributed by atoms with Gasteiger partial charge in [-0.15, -0.1) is 0 Å². The van der Waals surface area contributed by atoms with Crippen molar-refractivity contribution in [3.05, 3.63) is 0 Å². The molecule has 82 valence electrons. The summed E-state index contributed by atoms with van der Waals surface area (Å²) in [6.07, 6.45) is 5.80. The first-order valence-corrected chi connectivity index (χ1v) is 6.06. The Morgan fingerprint density at radius 1 is 1.29 bits per heavy atom. The summed E-state index contributed by atoms with van der Waals surface area (Å²) in [7, 11) is 0. The van der Waals surface area contributed by atoms with Gasteiger partial charge in [-0.1, -0.05) is 20.3 Å². The molecule has 0 amide bonds. The van der Waals surface area contributed by atoms with E-state index >= 15 is 0 Å². The van der Waals surface area contributed by atoms with Crippen LogP contribution in [0.2, 0.25) is 0 Å². The maximum absolute atomic E-state index is 5.79. The van der Waals surface area contributed by atoms with Crippen molar-refractivity contribution in [2.45, 2.75) is 45.6 Å². The molecule has 0 spiro atoms. The summed E-state index contributed by atoms with van der Waals surface area (Å²) < 4.78 is 0. The number of hydrogen-bond donors (Lipinski definition) is 1. The van der Waals surface area contributed by atoms with Gasteiger partial charge in [0.1, 0.15) is 0 Å². The summed E-state index contributed by atoms with van der Waals surface area (Å²) >= 11 is 0. The van der Waals surface area contributed by atoms with Crippen molar-refractivity contribution < 1.29 is 0 Å². The van der Waals surface area contributed by atoms with E-state index < -0.39 is 0 Å². The van der Waals surface area contributed by atoms with Gasteiger partial charge in [0.2, 0.25) is 0 Å². The molecule has 2 fully saturated rings. The number of hydrogen-bond acceptors (Lipinski definition) is 2. The molecule has 2 nitrogen and oxygen atoms in total. The summed E-state index contributed by atoms with van der Waals surface area (Å²) in [5.74, 6) is 1.02. The lowest BCUT2D eigenvalue weighted by Gasteiger charge is -2.32. The molecule has 0 bridgehead atoms. The Balaban J connectivity index is 1.93. The minimum Gasteiger partial charge on any atom is -0.330 e. The fourth-order valence-corrected chi connectivity index (χ4v) is 3.14. The van der Waals surface area contributed by atoms with Gasteiger partial charge >= 0.3 is 0 Å². The van der Waals surface area contributed by atoms with Crippen LogP contribution in [0, 0.1) is 11.3 Å². The van der Waals surface area contributed by atoms with Crippen molar-refractivity contribution in [1.82, 2.24) is 4.90 Å². The fraction of sp³-hybridized carbons (Fsp3) is 1.00. The molecular formula is C12H24N2. The second kappa shape index (κ2) is 3.82. The molecule has 0 aromatic rings. The normalized spacial score (nSPS) is 33.6. The molecule has 2 N–H and O–H groups in total. The largest absolute Gasteiger partial charge is 0.330 e. The van der Waals surface area contributed by atoms with Crippen LogP contribution in [0.5, 0.6) is 0 Å². The van der Waals surface area contributed by atoms with E-state index in [1.165, 1.54) is 38.8 Å². The molecular weight excluding hydrogens is 172 g/mol. The quantitative estimate of drug-likeness (QED) is 0.746. The molecule has 1 aliphatic heterocycles. The second-order valence-electron chi connectivity index (χ2n) is 5.89. The monoisotopic (exact) mass is 196 g/mol. The van der Waals surface area contributed by atoms with Crippen molar-refractivity contribution in [2.75, 3.05) is 19.6 Å². The van der Waals surface area contributed by atoms with Crippen LogP contribution in [0.25, 0.3) is 0 Å². The Hall–Kier alpha value is -0.0800. The Morgan fingerprint density at radius 3 is 2.79 bits per heavy atom. The minimum atomic E-state index is 0.303. The third-order valence-corrected chi connectivity index (χ3v) is 4.06. The molecule has 0 aromatic heterocycles. The third-order valence-electron chi connectivity index (χ3n) is 4.06. The summed E-state index contributed by atoms with van der Waals surface area (Å²) in [6, 6.07) is 0.904. The van der Waals surface area contributed by atoms with E-state index in [1.54, 1.807) is 0 Å². The lowest BCUT2D eigenvalue weighted by molar-refractivity contribution is 0.163. The zero-order valence-corrected chi connectivity index (χ0v) is 9.63. The number of likely N-dealkylation sites (tertiary alicyclic amines) is 1. The van der Waals surface area contributed by atoms with E-state index in [1.807, 2.05) is 0 Å². The van der Waals surface area contributed by atoms with Crippen LogP contribution in [0.1, 0.15) is 39.5 Å². The van der Waals surface area contributed by atoms with Crippen LogP contribution in [0.15, 0.2) is 0 Å². The Bertz CT molecular complexity index is 200. The van der Waals surface area contributed by atoms with E-state index in [0.717, 1.165) is 18.5 Å². The van der Waals surface area contributed by atoms with Crippen molar-refractivity contribution in [3.8, 4) is 0 Å². The van der Waals surface area contributed by atoms with E-state index in [4.69, 9.17) is 5.73 Å². The van der Waals surface area contributed by atoms with Gasteiger partial charge in [-0.25, -0.2) is 0 Å². The predicted molar refractivity (Wildman–Crippen MR) is 60.2 cm³/mol. The number of rotatable bonds is 3. The van der Waals surface area contributed by atoms with Gasteiger partial charge in [0.05, 0.1) is 0 Å². The molecule has 2 aliphatic rings. The molecule has 0 radical (unpaired) electrons. The molecule has 1 saturated carbocycles. The number of nitrogens with zero attached hydrogens (tertiary/aromatic N) is 1. The first-order valence-electron chi connectivity index (χ1n) is 6.06. The summed E-state index contributed by atoms with van der Waals surface area (Å²) in [5.41, 5.74) is 6.10. The van der Waals surface area contributed by atoms with Gasteiger partial charge in [-0.2, -0.15) is 0 Å². The van der Waals surface area contributed by atoms with Gasteiger partial charge in [0.25, 0.3) is 0 Å². The first kappa shape index (κ1) is 10.4. The SMILES string of the molecule is CC(C)(CN)CN1CCC2CCCC21. The molecule has 2 unspecified atom stereocenters. The number of fused-ring (bicyclic) bond motifs is 1. The van der Waals surface area contributed by atoms with Crippen LogP contribution >= 0.6 is 0 Å². The third kappa shape index (κ3) is 1.96. The maximum Gasteiger partial charge on any atom is 0.0124 e. The highest BCUT2D eigenvalue weighted by atomic mass is 15.2. The first-order chi connectivity index (χ1) is 6.62. The topological polar surface area (TPSA) is 29.3 Å². The molecule has 2 heteroatoms. The van der Waals surface area contributed by atoms with Gasteiger partial charge < -0.3 is 5.73 Å². The van der Waals surface area contributed by atoms with Crippen molar-refractivity contribution in [1.29, 1.82) is 0 Å². The number of nitrogens with two attached hydrogens (primary N) is 1. The smallest absolute Gasteiger partial charge is 0.0124 e.